The van der Waals surface area contributed by atoms with E-state index < -0.39 is 0 Å². The van der Waals surface area contributed by atoms with Gasteiger partial charge in [-0.05, 0) is 59.8 Å². The lowest BCUT2D eigenvalue weighted by Crippen LogP contribution is -2.42. The van der Waals surface area contributed by atoms with Crippen LogP contribution in [0.2, 0.25) is 0 Å². The average molecular weight is 312 g/mol. The summed E-state index contributed by atoms with van der Waals surface area (Å²) in [5, 5.41) is 6.81. The molecule has 0 aromatic rings. The van der Waals surface area contributed by atoms with Gasteiger partial charge in [0.2, 0.25) is 0 Å². The number of likely N-dealkylation sites (tertiary alicyclic amines) is 1. The normalized spacial score (nSPS) is 17.8. The molecule has 1 aliphatic heterocycles. The lowest BCUT2D eigenvalue weighted by Gasteiger charge is -2.22. The van der Waals surface area contributed by atoms with Crippen molar-refractivity contribution < 1.29 is 0 Å². The molecule has 0 aromatic heterocycles. The molecule has 22 heavy (non-hydrogen) atoms. The van der Waals surface area contributed by atoms with E-state index in [0.717, 1.165) is 25.6 Å². The Balaban J connectivity index is 2.08. The van der Waals surface area contributed by atoms with Crippen LogP contribution >= 0.6 is 0 Å². The smallest absolute Gasteiger partial charge is 0.191 e. The molecule has 0 atom stereocenters. The first-order chi connectivity index (χ1) is 10.6. The maximum Gasteiger partial charge on any atom is 0.191 e. The minimum absolute atomic E-state index is 0.588. The maximum absolute atomic E-state index is 4.29. The molecular weight excluding hydrogens is 274 g/mol. The van der Waals surface area contributed by atoms with Crippen LogP contribution in [0.3, 0.4) is 0 Å². The Labute approximate surface area is 137 Å². The molecule has 5 heteroatoms. The molecule has 1 heterocycles. The van der Waals surface area contributed by atoms with Gasteiger partial charge in [-0.3, -0.25) is 4.99 Å². The van der Waals surface area contributed by atoms with Crippen LogP contribution in [0.5, 0.6) is 0 Å². The first-order valence-corrected chi connectivity index (χ1v) is 9.00. The molecule has 0 radical (unpaired) electrons. The summed E-state index contributed by atoms with van der Waals surface area (Å²) in [6.45, 7) is 11.2. The number of nitrogens with zero attached hydrogens (tertiary/aromatic N) is 3. The highest BCUT2D eigenvalue weighted by Gasteiger charge is 2.08. The van der Waals surface area contributed by atoms with Crippen molar-refractivity contribution >= 4 is 5.96 Å². The summed E-state index contributed by atoms with van der Waals surface area (Å²) < 4.78 is 0. The third kappa shape index (κ3) is 8.59. The van der Waals surface area contributed by atoms with E-state index >= 15 is 0 Å². The second-order valence-corrected chi connectivity index (χ2v) is 6.61. The molecule has 0 bridgehead atoms. The standard InChI is InChI=1S/C17H37N5/c1-16(2)21(4)15-11-20-17(18-3)19-10-9-14-22-12-7-5-6-8-13-22/h16H,5-15H2,1-4H3,(H2,18,19,20). The summed E-state index contributed by atoms with van der Waals surface area (Å²) >= 11 is 0. The molecule has 130 valence electrons. The van der Waals surface area contributed by atoms with E-state index in [0.29, 0.717) is 6.04 Å². The van der Waals surface area contributed by atoms with Gasteiger partial charge in [-0.25, -0.2) is 0 Å². The van der Waals surface area contributed by atoms with Crippen molar-refractivity contribution in [2.24, 2.45) is 4.99 Å². The van der Waals surface area contributed by atoms with Crippen LogP contribution in [0.1, 0.15) is 46.0 Å². The summed E-state index contributed by atoms with van der Waals surface area (Å²) in [6, 6.07) is 0.588. The monoisotopic (exact) mass is 311 g/mol. The Hall–Kier alpha value is -0.810. The molecule has 1 aliphatic rings. The summed E-state index contributed by atoms with van der Waals surface area (Å²) in [6.07, 6.45) is 6.76. The lowest BCUT2D eigenvalue weighted by molar-refractivity contribution is 0.277. The molecular formula is C17H37N5. The van der Waals surface area contributed by atoms with E-state index in [4.69, 9.17) is 0 Å². The summed E-state index contributed by atoms with van der Waals surface area (Å²) in [4.78, 5) is 9.24. The van der Waals surface area contributed by atoms with Crippen LogP contribution in [0, 0.1) is 0 Å². The Bertz CT molecular complexity index is 295. The van der Waals surface area contributed by atoms with Crippen molar-refractivity contribution in [2.45, 2.75) is 52.0 Å². The summed E-state index contributed by atoms with van der Waals surface area (Å²) in [5.74, 6) is 0.924. The SMILES string of the molecule is CN=C(NCCCN1CCCCCC1)NCCN(C)C(C)C. The van der Waals surface area contributed by atoms with Gasteiger partial charge in [-0.15, -0.1) is 0 Å². The lowest BCUT2D eigenvalue weighted by atomic mass is 10.2. The fourth-order valence-corrected chi connectivity index (χ4v) is 2.70. The molecule has 5 nitrogen and oxygen atoms in total. The van der Waals surface area contributed by atoms with Gasteiger partial charge in [-0.2, -0.15) is 0 Å². The van der Waals surface area contributed by atoms with Crippen LogP contribution in [0.15, 0.2) is 4.99 Å². The molecule has 0 spiro atoms. The maximum atomic E-state index is 4.29. The zero-order chi connectivity index (χ0) is 16.2. The summed E-state index contributed by atoms with van der Waals surface area (Å²) in [5.41, 5.74) is 0. The van der Waals surface area contributed by atoms with Gasteiger partial charge < -0.3 is 20.4 Å². The van der Waals surface area contributed by atoms with E-state index in [1.54, 1.807) is 0 Å². The van der Waals surface area contributed by atoms with Crippen molar-refractivity contribution in [2.75, 3.05) is 53.4 Å². The van der Waals surface area contributed by atoms with Crippen LogP contribution in [0.25, 0.3) is 0 Å². The number of hydrogen-bond acceptors (Lipinski definition) is 3. The Morgan fingerprint density at radius 3 is 2.32 bits per heavy atom. The van der Waals surface area contributed by atoms with Crippen LogP contribution < -0.4 is 10.6 Å². The Morgan fingerprint density at radius 1 is 1.09 bits per heavy atom. The van der Waals surface area contributed by atoms with Crippen LogP contribution in [-0.4, -0.2) is 75.2 Å². The number of nitrogens with one attached hydrogen (secondary N) is 2. The van der Waals surface area contributed by atoms with Crippen molar-refractivity contribution in [3.05, 3.63) is 0 Å². The number of rotatable bonds is 8. The van der Waals surface area contributed by atoms with Gasteiger partial charge in [-0.1, -0.05) is 12.8 Å². The molecule has 0 aromatic carbocycles. The zero-order valence-corrected chi connectivity index (χ0v) is 15.2. The van der Waals surface area contributed by atoms with Gasteiger partial charge in [0, 0.05) is 32.7 Å². The fraction of sp³-hybridized carbons (Fsp3) is 0.941. The molecule has 1 saturated heterocycles. The average Bonchev–Trinajstić information content (AvgIpc) is 2.78. The first-order valence-electron chi connectivity index (χ1n) is 9.00. The molecule has 0 unspecified atom stereocenters. The fourth-order valence-electron chi connectivity index (χ4n) is 2.70. The number of hydrogen-bond donors (Lipinski definition) is 2. The van der Waals surface area contributed by atoms with E-state index in [1.807, 2.05) is 7.05 Å². The third-order valence-electron chi connectivity index (χ3n) is 4.50. The first kappa shape index (κ1) is 19.2. The summed E-state index contributed by atoms with van der Waals surface area (Å²) in [7, 11) is 4.00. The minimum atomic E-state index is 0.588. The van der Waals surface area contributed by atoms with Crippen LogP contribution in [-0.2, 0) is 0 Å². The minimum Gasteiger partial charge on any atom is -0.356 e. The van der Waals surface area contributed by atoms with Crippen LogP contribution in [0.4, 0.5) is 0 Å². The predicted octanol–water partition coefficient (Wildman–Crippen LogP) is 1.76. The molecule has 0 saturated carbocycles. The van der Waals surface area contributed by atoms with Crippen molar-refractivity contribution in [1.82, 2.24) is 20.4 Å². The largest absolute Gasteiger partial charge is 0.356 e. The highest BCUT2D eigenvalue weighted by Crippen LogP contribution is 2.09. The molecule has 1 fully saturated rings. The molecule has 0 amide bonds. The van der Waals surface area contributed by atoms with E-state index in [1.165, 1.54) is 51.7 Å². The van der Waals surface area contributed by atoms with E-state index in [-0.39, 0.29) is 0 Å². The Morgan fingerprint density at radius 2 is 1.73 bits per heavy atom. The van der Waals surface area contributed by atoms with Gasteiger partial charge in [0.15, 0.2) is 5.96 Å². The van der Waals surface area contributed by atoms with Gasteiger partial charge in [0.25, 0.3) is 0 Å². The second kappa shape index (κ2) is 11.7. The Kier molecular flexibility index (Phi) is 10.2. The molecule has 1 rings (SSSR count). The number of likely N-dealkylation sites (N-methyl/N-ethyl adjacent to an activating group) is 1. The highest BCUT2D eigenvalue weighted by atomic mass is 15.2. The van der Waals surface area contributed by atoms with Crippen molar-refractivity contribution in [3.8, 4) is 0 Å². The van der Waals surface area contributed by atoms with Gasteiger partial charge >= 0.3 is 0 Å². The van der Waals surface area contributed by atoms with E-state index in [9.17, 15) is 0 Å². The topological polar surface area (TPSA) is 42.9 Å². The van der Waals surface area contributed by atoms with Gasteiger partial charge in [0.1, 0.15) is 0 Å². The van der Waals surface area contributed by atoms with E-state index in [2.05, 4.69) is 46.3 Å². The predicted molar refractivity (Wildman–Crippen MR) is 96.7 cm³/mol. The molecule has 0 aliphatic carbocycles. The zero-order valence-electron chi connectivity index (χ0n) is 15.2. The number of aliphatic imine (C=N–C) groups is 1. The van der Waals surface area contributed by atoms with Crippen molar-refractivity contribution in [3.63, 3.8) is 0 Å². The van der Waals surface area contributed by atoms with Crippen molar-refractivity contribution in [1.29, 1.82) is 0 Å². The highest BCUT2D eigenvalue weighted by molar-refractivity contribution is 5.79. The quantitative estimate of drug-likeness (QED) is 0.407. The van der Waals surface area contributed by atoms with Gasteiger partial charge in [0.05, 0.1) is 0 Å². The second-order valence-electron chi connectivity index (χ2n) is 6.61. The molecule has 2 N–H and O–H groups in total. The third-order valence-corrected chi connectivity index (χ3v) is 4.50. The number of guanidine groups is 1.